The molecule has 1 heterocycles. The third-order valence-corrected chi connectivity index (χ3v) is 2.35. The summed E-state index contributed by atoms with van der Waals surface area (Å²) in [4.78, 5) is 12.0. The molecule has 0 aromatic heterocycles. The highest BCUT2D eigenvalue weighted by molar-refractivity contribution is 5.76. The van der Waals surface area contributed by atoms with E-state index in [0.717, 1.165) is 18.6 Å². The highest BCUT2D eigenvalue weighted by Gasteiger charge is 2.22. The summed E-state index contributed by atoms with van der Waals surface area (Å²) in [5.41, 5.74) is 0.0196. The van der Waals surface area contributed by atoms with E-state index >= 15 is 0 Å². The third-order valence-electron chi connectivity index (χ3n) is 2.35. The molecule has 0 bridgehead atoms. The summed E-state index contributed by atoms with van der Waals surface area (Å²) in [5, 5.41) is 0. The number of rotatable bonds is 2. The number of carbonyl (C=O) groups is 1. The molecule has 1 aromatic rings. The standard InChI is InChI=1S/C10H9F2NO/c11-8-4-7(6-14)5-9(12)10(8)13-2-1-3-13/h4-6H,1-3H2. The van der Waals surface area contributed by atoms with Crippen LogP contribution in [0.1, 0.15) is 16.8 Å². The maximum Gasteiger partial charge on any atom is 0.150 e. The number of aldehydes is 1. The van der Waals surface area contributed by atoms with Gasteiger partial charge in [0.2, 0.25) is 0 Å². The van der Waals surface area contributed by atoms with Crippen molar-refractivity contribution in [3.8, 4) is 0 Å². The Kier molecular flexibility index (Phi) is 2.19. The monoisotopic (exact) mass is 197 g/mol. The minimum absolute atomic E-state index is 0.0122. The van der Waals surface area contributed by atoms with Crippen molar-refractivity contribution >= 4 is 12.0 Å². The molecule has 1 aliphatic heterocycles. The quantitative estimate of drug-likeness (QED) is 0.676. The van der Waals surface area contributed by atoms with Crippen molar-refractivity contribution in [2.24, 2.45) is 0 Å². The molecule has 1 fully saturated rings. The number of anilines is 1. The topological polar surface area (TPSA) is 20.3 Å². The van der Waals surface area contributed by atoms with Gasteiger partial charge in [0.1, 0.15) is 23.6 Å². The van der Waals surface area contributed by atoms with Crippen LogP contribution in [0.2, 0.25) is 0 Å². The Morgan fingerprint density at radius 3 is 2.14 bits per heavy atom. The zero-order chi connectivity index (χ0) is 10.1. The first-order valence-electron chi connectivity index (χ1n) is 4.41. The molecule has 0 atom stereocenters. The molecule has 0 aliphatic carbocycles. The zero-order valence-corrected chi connectivity index (χ0v) is 7.46. The number of hydrogen-bond donors (Lipinski definition) is 0. The van der Waals surface area contributed by atoms with E-state index in [0.29, 0.717) is 19.4 Å². The Hall–Kier alpha value is -1.45. The molecule has 0 unspecified atom stereocenters. The summed E-state index contributed by atoms with van der Waals surface area (Å²) in [7, 11) is 0. The van der Waals surface area contributed by atoms with Crippen molar-refractivity contribution in [1.29, 1.82) is 0 Å². The van der Waals surface area contributed by atoms with Crippen LogP contribution >= 0.6 is 0 Å². The molecule has 4 heteroatoms. The van der Waals surface area contributed by atoms with Crippen molar-refractivity contribution in [2.45, 2.75) is 6.42 Å². The minimum Gasteiger partial charge on any atom is -0.367 e. The van der Waals surface area contributed by atoms with Crippen LogP contribution in [0.15, 0.2) is 12.1 Å². The number of carbonyl (C=O) groups excluding carboxylic acids is 1. The number of hydrogen-bond acceptors (Lipinski definition) is 2. The van der Waals surface area contributed by atoms with E-state index in [1.165, 1.54) is 0 Å². The summed E-state index contributed by atoms with van der Waals surface area (Å²) in [5.74, 6) is -1.32. The zero-order valence-electron chi connectivity index (χ0n) is 7.46. The maximum absolute atomic E-state index is 13.3. The van der Waals surface area contributed by atoms with Gasteiger partial charge in [-0.1, -0.05) is 0 Å². The molecule has 2 nitrogen and oxygen atoms in total. The molecule has 1 aromatic carbocycles. The van der Waals surface area contributed by atoms with Gasteiger partial charge >= 0.3 is 0 Å². The van der Waals surface area contributed by atoms with Crippen molar-refractivity contribution in [2.75, 3.05) is 18.0 Å². The summed E-state index contributed by atoms with van der Waals surface area (Å²) in [6.07, 6.45) is 1.39. The van der Waals surface area contributed by atoms with Crippen LogP contribution < -0.4 is 4.90 Å². The normalized spacial score (nSPS) is 15.1. The van der Waals surface area contributed by atoms with Crippen molar-refractivity contribution in [1.82, 2.24) is 0 Å². The van der Waals surface area contributed by atoms with E-state index < -0.39 is 11.6 Å². The fraction of sp³-hybridized carbons (Fsp3) is 0.300. The van der Waals surface area contributed by atoms with Gasteiger partial charge in [-0.15, -0.1) is 0 Å². The minimum atomic E-state index is -0.660. The van der Waals surface area contributed by atoms with E-state index in [1.54, 1.807) is 4.90 Å². The lowest BCUT2D eigenvalue weighted by atomic mass is 10.1. The van der Waals surface area contributed by atoms with E-state index in [4.69, 9.17) is 0 Å². The van der Waals surface area contributed by atoms with Crippen LogP contribution in [0.25, 0.3) is 0 Å². The van der Waals surface area contributed by atoms with Gasteiger partial charge in [-0.05, 0) is 18.6 Å². The van der Waals surface area contributed by atoms with Gasteiger partial charge in [0.15, 0.2) is 0 Å². The van der Waals surface area contributed by atoms with Crippen LogP contribution in [0, 0.1) is 11.6 Å². The maximum atomic E-state index is 13.3. The summed E-state index contributed by atoms with van der Waals surface area (Å²) in [6.45, 7) is 1.35. The first kappa shape index (κ1) is 9.12. The van der Waals surface area contributed by atoms with Crippen LogP contribution in [-0.4, -0.2) is 19.4 Å². The molecule has 14 heavy (non-hydrogen) atoms. The van der Waals surface area contributed by atoms with Crippen LogP contribution in [0.4, 0.5) is 14.5 Å². The number of halogens is 2. The Balaban J connectivity index is 2.43. The fourth-order valence-electron chi connectivity index (χ4n) is 1.50. The van der Waals surface area contributed by atoms with Crippen molar-refractivity contribution < 1.29 is 13.6 Å². The number of nitrogens with zero attached hydrogens (tertiary/aromatic N) is 1. The molecule has 0 spiro atoms. The van der Waals surface area contributed by atoms with Gasteiger partial charge in [-0.2, -0.15) is 0 Å². The van der Waals surface area contributed by atoms with E-state index in [2.05, 4.69) is 0 Å². The largest absolute Gasteiger partial charge is 0.367 e. The molecular weight excluding hydrogens is 188 g/mol. The average molecular weight is 197 g/mol. The molecule has 1 aliphatic rings. The highest BCUT2D eigenvalue weighted by atomic mass is 19.1. The summed E-state index contributed by atoms with van der Waals surface area (Å²) >= 11 is 0. The molecule has 1 saturated heterocycles. The molecule has 0 amide bonds. The lowest BCUT2D eigenvalue weighted by Gasteiger charge is -2.33. The number of benzene rings is 1. The Labute approximate surface area is 80.1 Å². The first-order valence-corrected chi connectivity index (χ1v) is 4.41. The fourth-order valence-corrected chi connectivity index (χ4v) is 1.50. The summed E-state index contributed by atoms with van der Waals surface area (Å²) < 4.78 is 26.7. The molecule has 0 N–H and O–H groups in total. The van der Waals surface area contributed by atoms with Crippen molar-refractivity contribution in [3.05, 3.63) is 29.3 Å². The lowest BCUT2D eigenvalue weighted by Crippen LogP contribution is -2.38. The SMILES string of the molecule is O=Cc1cc(F)c(N2CCC2)c(F)c1. The summed E-state index contributed by atoms with van der Waals surface area (Å²) in [6, 6.07) is 2.12. The lowest BCUT2D eigenvalue weighted by molar-refractivity contribution is 0.112. The van der Waals surface area contributed by atoms with E-state index in [1.807, 2.05) is 0 Å². The van der Waals surface area contributed by atoms with Gasteiger partial charge in [-0.25, -0.2) is 8.78 Å². The van der Waals surface area contributed by atoms with Gasteiger partial charge in [0.25, 0.3) is 0 Å². The first-order chi connectivity index (χ1) is 6.72. The van der Waals surface area contributed by atoms with Gasteiger partial charge in [-0.3, -0.25) is 4.79 Å². The second-order valence-electron chi connectivity index (χ2n) is 3.29. The molecule has 2 rings (SSSR count). The Morgan fingerprint density at radius 1 is 1.21 bits per heavy atom. The third kappa shape index (κ3) is 1.36. The van der Waals surface area contributed by atoms with Crippen LogP contribution in [-0.2, 0) is 0 Å². The second-order valence-corrected chi connectivity index (χ2v) is 3.29. The second kappa shape index (κ2) is 3.36. The van der Waals surface area contributed by atoms with Gasteiger partial charge in [0.05, 0.1) is 0 Å². The smallest absolute Gasteiger partial charge is 0.150 e. The van der Waals surface area contributed by atoms with Gasteiger partial charge < -0.3 is 4.90 Å². The predicted molar refractivity (Wildman–Crippen MR) is 48.6 cm³/mol. The van der Waals surface area contributed by atoms with Crippen LogP contribution in [0.5, 0.6) is 0 Å². The highest BCUT2D eigenvalue weighted by Crippen LogP contribution is 2.27. The Bertz CT molecular complexity index is 351. The van der Waals surface area contributed by atoms with E-state index in [9.17, 15) is 13.6 Å². The average Bonchev–Trinajstić information content (AvgIpc) is 2.07. The van der Waals surface area contributed by atoms with E-state index in [-0.39, 0.29) is 11.3 Å². The molecular formula is C10H9F2NO. The van der Waals surface area contributed by atoms with Gasteiger partial charge in [0, 0.05) is 18.7 Å². The molecule has 0 radical (unpaired) electrons. The van der Waals surface area contributed by atoms with Crippen LogP contribution in [0.3, 0.4) is 0 Å². The predicted octanol–water partition coefficient (Wildman–Crippen LogP) is 1.99. The molecule has 0 saturated carbocycles. The molecule has 74 valence electrons. The Morgan fingerprint density at radius 2 is 1.79 bits per heavy atom. The van der Waals surface area contributed by atoms with Crippen molar-refractivity contribution in [3.63, 3.8) is 0 Å².